The fraction of sp³-hybridized carbons (Fsp3) is 0.900. The Morgan fingerprint density at radius 3 is 2.16 bits per heavy atom. The molecule has 1 unspecified atom stereocenters. The molecule has 0 saturated carbocycles. The van der Waals surface area contributed by atoms with Crippen molar-refractivity contribution in [1.29, 1.82) is 0 Å². The van der Waals surface area contributed by atoms with Crippen molar-refractivity contribution in [3.8, 4) is 0 Å². The monoisotopic (exact) mass is 351 g/mol. The first-order valence-corrected chi connectivity index (χ1v) is 10.4. The summed E-state index contributed by atoms with van der Waals surface area (Å²) in [7, 11) is 0. The second-order valence-electron chi connectivity index (χ2n) is 7.69. The van der Waals surface area contributed by atoms with E-state index in [2.05, 4.69) is 23.6 Å². The van der Waals surface area contributed by atoms with Gasteiger partial charge in [0.1, 0.15) is 0 Å². The highest BCUT2D eigenvalue weighted by molar-refractivity contribution is 5.80. The van der Waals surface area contributed by atoms with Crippen LogP contribution in [0, 0.1) is 5.92 Å². The number of amides is 2. The lowest BCUT2D eigenvalue weighted by Gasteiger charge is -2.35. The maximum atomic E-state index is 12.9. The molecule has 0 aromatic rings. The van der Waals surface area contributed by atoms with Crippen LogP contribution in [0.3, 0.4) is 0 Å². The number of piperidine rings is 1. The van der Waals surface area contributed by atoms with E-state index in [1.165, 1.54) is 12.8 Å². The van der Waals surface area contributed by atoms with Crippen molar-refractivity contribution in [3.05, 3.63) is 0 Å². The lowest BCUT2D eigenvalue weighted by molar-refractivity contribution is -0.139. The summed E-state index contributed by atoms with van der Waals surface area (Å²) in [6.07, 6.45) is 8.79. The Morgan fingerprint density at radius 1 is 0.920 bits per heavy atom. The van der Waals surface area contributed by atoms with Gasteiger partial charge in [0.15, 0.2) is 0 Å². The van der Waals surface area contributed by atoms with Crippen molar-refractivity contribution in [2.75, 3.05) is 45.8 Å². The average molecular weight is 352 g/mol. The van der Waals surface area contributed by atoms with Crippen LogP contribution in [0.25, 0.3) is 0 Å². The number of hydrogen-bond donors (Lipinski definition) is 0. The molecule has 0 N–H and O–H groups in total. The molecular weight excluding hydrogens is 314 g/mol. The van der Waals surface area contributed by atoms with E-state index in [1.54, 1.807) is 0 Å². The third kappa shape index (κ3) is 6.28. The second kappa shape index (κ2) is 10.8. The van der Waals surface area contributed by atoms with Crippen molar-refractivity contribution < 1.29 is 9.59 Å². The molecule has 0 spiro atoms. The van der Waals surface area contributed by atoms with Crippen molar-refractivity contribution in [2.24, 2.45) is 5.92 Å². The zero-order valence-corrected chi connectivity index (χ0v) is 16.3. The summed E-state index contributed by atoms with van der Waals surface area (Å²) in [6.45, 7) is 9.95. The van der Waals surface area contributed by atoms with Gasteiger partial charge in [0, 0.05) is 32.7 Å². The van der Waals surface area contributed by atoms with Crippen LogP contribution in [0.5, 0.6) is 0 Å². The highest BCUT2D eigenvalue weighted by atomic mass is 16.2. The van der Waals surface area contributed by atoms with Crippen LogP contribution in [-0.4, -0.2) is 72.3 Å². The summed E-state index contributed by atoms with van der Waals surface area (Å²) in [5.74, 6) is 0.648. The number of likely N-dealkylation sites (tertiary alicyclic amines) is 2. The molecule has 2 amide bonds. The van der Waals surface area contributed by atoms with Gasteiger partial charge in [-0.15, -0.1) is 0 Å². The molecule has 0 bridgehead atoms. The van der Waals surface area contributed by atoms with Crippen molar-refractivity contribution in [3.63, 3.8) is 0 Å². The molecule has 5 nitrogen and oxygen atoms in total. The summed E-state index contributed by atoms with van der Waals surface area (Å²) in [5, 5.41) is 0. The Morgan fingerprint density at radius 2 is 1.56 bits per heavy atom. The van der Waals surface area contributed by atoms with Gasteiger partial charge in [-0.3, -0.25) is 14.5 Å². The second-order valence-corrected chi connectivity index (χ2v) is 7.69. The third-order valence-electron chi connectivity index (χ3n) is 5.47. The molecule has 0 aliphatic carbocycles. The zero-order chi connectivity index (χ0) is 18.1. The smallest absolute Gasteiger partial charge is 0.236 e. The van der Waals surface area contributed by atoms with Crippen LogP contribution in [0.15, 0.2) is 0 Å². The van der Waals surface area contributed by atoms with E-state index in [9.17, 15) is 9.59 Å². The normalized spacial score (nSPS) is 22.5. The lowest BCUT2D eigenvalue weighted by atomic mass is 9.96. The molecule has 0 aromatic carbocycles. The van der Waals surface area contributed by atoms with Gasteiger partial charge in [-0.05, 0) is 45.1 Å². The number of hydrogen-bond acceptors (Lipinski definition) is 3. The van der Waals surface area contributed by atoms with E-state index in [0.717, 1.165) is 77.8 Å². The molecule has 25 heavy (non-hydrogen) atoms. The lowest BCUT2D eigenvalue weighted by Crippen LogP contribution is -2.48. The third-order valence-corrected chi connectivity index (χ3v) is 5.47. The molecular formula is C20H37N3O2. The van der Waals surface area contributed by atoms with Crippen molar-refractivity contribution in [2.45, 2.75) is 65.2 Å². The molecule has 0 aromatic heterocycles. The van der Waals surface area contributed by atoms with E-state index < -0.39 is 0 Å². The Balaban J connectivity index is 1.86. The Bertz CT molecular complexity index is 413. The van der Waals surface area contributed by atoms with E-state index in [4.69, 9.17) is 0 Å². The molecule has 2 heterocycles. The molecule has 2 aliphatic rings. The van der Waals surface area contributed by atoms with Gasteiger partial charge in [-0.2, -0.15) is 0 Å². The van der Waals surface area contributed by atoms with Gasteiger partial charge in [0.2, 0.25) is 11.8 Å². The zero-order valence-electron chi connectivity index (χ0n) is 16.3. The van der Waals surface area contributed by atoms with Crippen LogP contribution < -0.4 is 0 Å². The van der Waals surface area contributed by atoms with Crippen LogP contribution >= 0.6 is 0 Å². The van der Waals surface area contributed by atoms with Gasteiger partial charge in [0.05, 0.1) is 12.5 Å². The summed E-state index contributed by atoms with van der Waals surface area (Å²) in [4.78, 5) is 31.8. The van der Waals surface area contributed by atoms with Gasteiger partial charge in [0.25, 0.3) is 0 Å². The highest BCUT2D eigenvalue weighted by Gasteiger charge is 2.30. The standard InChI is InChI=1S/C20H37N3O2/c1-3-11-22(12-4-2)19(24)17-21-13-9-10-18(16-21)20(25)23-14-7-5-6-8-15-23/h18H,3-17H2,1-2H3. The van der Waals surface area contributed by atoms with Crippen molar-refractivity contribution >= 4 is 11.8 Å². The Kier molecular flexibility index (Phi) is 8.73. The van der Waals surface area contributed by atoms with Gasteiger partial charge in [-0.25, -0.2) is 0 Å². The molecule has 2 fully saturated rings. The largest absolute Gasteiger partial charge is 0.342 e. The first-order valence-electron chi connectivity index (χ1n) is 10.4. The number of rotatable bonds is 7. The predicted molar refractivity (Wildman–Crippen MR) is 101 cm³/mol. The van der Waals surface area contributed by atoms with Crippen LogP contribution in [-0.2, 0) is 9.59 Å². The molecule has 144 valence electrons. The van der Waals surface area contributed by atoms with Gasteiger partial charge in [-0.1, -0.05) is 26.7 Å². The molecule has 5 heteroatoms. The maximum Gasteiger partial charge on any atom is 0.236 e. The number of nitrogens with zero attached hydrogens (tertiary/aromatic N) is 3. The Labute approximate surface area is 153 Å². The Hall–Kier alpha value is -1.10. The summed E-state index contributed by atoms with van der Waals surface area (Å²) in [5.41, 5.74) is 0. The topological polar surface area (TPSA) is 43.9 Å². The molecule has 1 atom stereocenters. The molecule has 2 aliphatic heterocycles. The minimum atomic E-state index is 0.0884. The first-order chi connectivity index (χ1) is 12.2. The van der Waals surface area contributed by atoms with E-state index in [0.29, 0.717) is 12.5 Å². The minimum Gasteiger partial charge on any atom is -0.342 e. The predicted octanol–water partition coefficient (Wildman–Crippen LogP) is 2.75. The number of carbonyl (C=O) groups excluding carboxylic acids is 2. The van der Waals surface area contributed by atoms with Crippen LogP contribution in [0.1, 0.15) is 65.2 Å². The van der Waals surface area contributed by atoms with Gasteiger partial charge < -0.3 is 9.80 Å². The molecule has 2 rings (SSSR count). The van der Waals surface area contributed by atoms with E-state index >= 15 is 0 Å². The van der Waals surface area contributed by atoms with Crippen molar-refractivity contribution in [1.82, 2.24) is 14.7 Å². The fourth-order valence-electron chi connectivity index (χ4n) is 4.14. The molecule has 2 saturated heterocycles. The van der Waals surface area contributed by atoms with E-state index in [1.807, 2.05) is 4.90 Å². The summed E-state index contributed by atoms with van der Waals surface area (Å²) < 4.78 is 0. The highest BCUT2D eigenvalue weighted by Crippen LogP contribution is 2.21. The minimum absolute atomic E-state index is 0.0884. The van der Waals surface area contributed by atoms with Crippen LogP contribution in [0.2, 0.25) is 0 Å². The summed E-state index contributed by atoms with van der Waals surface area (Å²) in [6, 6.07) is 0. The average Bonchev–Trinajstić information content (AvgIpc) is 2.90. The first kappa shape index (κ1) is 20.2. The molecule has 0 radical (unpaired) electrons. The van der Waals surface area contributed by atoms with E-state index in [-0.39, 0.29) is 11.8 Å². The quantitative estimate of drug-likeness (QED) is 0.708. The number of carbonyl (C=O) groups is 2. The van der Waals surface area contributed by atoms with Crippen LogP contribution in [0.4, 0.5) is 0 Å². The maximum absolute atomic E-state index is 12.9. The van der Waals surface area contributed by atoms with Gasteiger partial charge >= 0.3 is 0 Å². The summed E-state index contributed by atoms with van der Waals surface area (Å²) >= 11 is 0. The fourth-order valence-corrected chi connectivity index (χ4v) is 4.14. The SMILES string of the molecule is CCCN(CCC)C(=O)CN1CCCC(C(=O)N2CCCCCC2)C1.